The minimum Gasteiger partial charge on any atom is -0.478 e. The number of alkyl halides is 2. The average molecular weight is 551 g/mol. The second-order valence-electron chi connectivity index (χ2n) is 9.65. The molecule has 4 aromatic rings. The van der Waals surface area contributed by atoms with E-state index < -0.39 is 12.6 Å². The average Bonchev–Trinajstić information content (AvgIpc) is 2.93. The lowest BCUT2D eigenvalue weighted by atomic mass is 10.0. The zero-order valence-corrected chi connectivity index (χ0v) is 21.9. The Balaban J connectivity index is 1.45. The normalized spacial score (nSPS) is 16.2. The number of para-hydroxylation sites is 1. The minimum atomic E-state index is -2.90. The van der Waals surface area contributed by atoms with E-state index in [1.54, 1.807) is 36.4 Å². The number of hydrogen-bond donors (Lipinski definition) is 2. The Morgan fingerprint density at radius 3 is 2.60 bits per heavy atom. The van der Waals surface area contributed by atoms with Crippen molar-refractivity contribution in [2.45, 2.75) is 32.6 Å². The van der Waals surface area contributed by atoms with Gasteiger partial charge >= 0.3 is 12.6 Å². The van der Waals surface area contributed by atoms with Crippen molar-refractivity contribution >= 4 is 28.5 Å². The molecular weight excluding hydrogens is 522 g/mol. The number of halogens is 2. The fraction of sp³-hybridized carbons (Fsp3) is 0.267. The number of morpholine rings is 1. The number of aromatic carboxylic acids is 1. The van der Waals surface area contributed by atoms with Crippen LogP contribution in [0.25, 0.3) is 11.0 Å². The topological polar surface area (TPSA) is 101 Å². The van der Waals surface area contributed by atoms with Gasteiger partial charge in [0, 0.05) is 23.9 Å². The van der Waals surface area contributed by atoms with Crippen LogP contribution in [0.2, 0.25) is 0 Å². The molecule has 3 aromatic carbocycles. The number of ether oxygens (including phenoxy) is 2. The molecule has 2 heterocycles. The van der Waals surface area contributed by atoms with Gasteiger partial charge in [-0.2, -0.15) is 8.78 Å². The molecule has 40 heavy (non-hydrogen) atoms. The second kappa shape index (κ2) is 11.4. The fourth-order valence-electron chi connectivity index (χ4n) is 4.92. The molecule has 0 amide bonds. The Bertz CT molecular complexity index is 1590. The number of hydrogen-bond acceptors (Lipinski definition) is 7. The van der Waals surface area contributed by atoms with Crippen LogP contribution in [0.3, 0.4) is 0 Å². The molecule has 0 radical (unpaired) electrons. The molecule has 1 aliphatic heterocycles. The van der Waals surface area contributed by atoms with E-state index in [4.69, 9.17) is 9.15 Å². The van der Waals surface area contributed by atoms with Crippen LogP contribution in [-0.2, 0) is 4.74 Å². The number of carboxylic acid groups (broad SMARTS) is 1. The largest absolute Gasteiger partial charge is 0.478 e. The van der Waals surface area contributed by atoms with Crippen molar-refractivity contribution in [3.8, 4) is 5.75 Å². The van der Waals surface area contributed by atoms with E-state index in [1.807, 2.05) is 24.8 Å². The standard InChI is InChI=1S/C30H28F2N2O6/c1-17-13-22(18(2)33-24-6-4-3-5-21(24)29(36)37)28-23(14-17)25(35)15-27(40-28)34-11-12-38-26(16-34)19-7-9-20(10-8-19)39-30(31)32/h3-10,13-15,18,26,30,33H,11-12,16H2,1-2H3,(H,36,37)/t18-,26+/m1/s1. The number of carbonyl (C=O) groups is 1. The van der Waals surface area contributed by atoms with E-state index >= 15 is 0 Å². The van der Waals surface area contributed by atoms with E-state index in [0.717, 1.165) is 11.1 Å². The molecule has 1 aromatic heterocycles. The molecule has 2 atom stereocenters. The van der Waals surface area contributed by atoms with E-state index in [1.165, 1.54) is 24.3 Å². The van der Waals surface area contributed by atoms with Gasteiger partial charge in [-0.25, -0.2) is 4.79 Å². The first kappa shape index (κ1) is 27.1. The smallest absolute Gasteiger partial charge is 0.387 e. The van der Waals surface area contributed by atoms with Crippen LogP contribution in [0.15, 0.2) is 75.9 Å². The molecule has 0 saturated carbocycles. The first-order valence-corrected chi connectivity index (χ1v) is 12.8. The third-order valence-corrected chi connectivity index (χ3v) is 6.84. The fourth-order valence-corrected chi connectivity index (χ4v) is 4.92. The zero-order valence-electron chi connectivity index (χ0n) is 21.9. The Morgan fingerprint density at radius 1 is 1.12 bits per heavy atom. The van der Waals surface area contributed by atoms with Crippen LogP contribution < -0.4 is 20.4 Å². The number of rotatable bonds is 8. The van der Waals surface area contributed by atoms with Gasteiger partial charge in [0.25, 0.3) is 0 Å². The lowest BCUT2D eigenvalue weighted by Crippen LogP contribution is -2.38. The van der Waals surface area contributed by atoms with Crippen molar-refractivity contribution in [2.24, 2.45) is 0 Å². The van der Waals surface area contributed by atoms with Gasteiger partial charge < -0.3 is 29.2 Å². The minimum absolute atomic E-state index is 0.0588. The van der Waals surface area contributed by atoms with Crippen LogP contribution in [0.1, 0.15) is 46.1 Å². The van der Waals surface area contributed by atoms with E-state index in [-0.39, 0.29) is 28.9 Å². The van der Waals surface area contributed by atoms with Crippen LogP contribution in [-0.4, -0.2) is 37.4 Å². The molecule has 10 heteroatoms. The summed E-state index contributed by atoms with van der Waals surface area (Å²) in [5.41, 5.74) is 3.18. The number of nitrogens with one attached hydrogen (secondary N) is 1. The summed E-state index contributed by atoms with van der Waals surface area (Å²) in [4.78, 5) is 26.9. The molecule has 0 unspecified atom stereocenters. The number of anilines is 2. The molecule has 208 valence electrons. The van der Waals surface area contributed by atoms with Gasteiger partial charge in [0.15, 0.2) is 11.3 Å². The van der Waals surface area contributed by atoms with Gasteiger partial charge in [-0.3, -0.25) is 4.79 Å². The SMILES string of the molecule is Cc1cc([C@@H](C)Nc2ccccc2C(=O)O)c2oc(N3CCO[C@H](c4ccc(OC(F)F)cc4)C3)cc(=O)c2c1. The molecule has 0 spiro atoms. The van der Waals surface area contributed by atoms with Gasteiger partial charge in [-0.1, -0.05) is 30.3 Å². The number of fused-ring (bicyclic) bond motifs is 1. The van der Waals surface area contributed by atoms with Crippen molar-refractivity contribution in [1.82, 2.24) is 0 Å². The summed E-state index contributed by atoms with van der Waals surface area (Å²) in [7, 11) is 0. The Kier molecular flexibility index (Phi) is 7.70. The third-order valence-electron chi connectivity index (χ3n) is 6.84. The first-order chi connectivity index (χ1) is 19.2. The van der Waals surface area contributed by atoms with Crippen molar-refractivity contribution in [2.75, 3.05) is 29.9 Å². The number of benzene rings is 3. The molecule has 2 N–H and O–H groups in total. The zero-order chi connectivity index (χ0) is 28.4. The summed E-state index contributed by atoms with van der Waals surface area (Å²) in [5, 5.41) is 13.3. The summed E-state index contributed by atoms with van der Waals surface area (Å²) in [6, 6.07) is 17.7. The lowest BCUT2D eigenvalue weighted by Gasteiger charge is -2.33. The highest BCUT2D eigenvalue weighted by molar-refractivity contribution is 5.94. The van der Waals surface area contributed by atoms with E-state index in [9.17, 15) is 23.5 Å². The molecular formula is C30H28F2N2O6. The highest BCUT2D eigenvalue weighted by Crippen LogP contribution is 2.33. The summed E-state index contributed by atoms with van der Waals surface area (Å²) in [6.07, 6.45) is -0.374. The van der Waals surface area contributed by atoms with E-state index in [2.05, 4.69) is 10.1 Å². The third kappa shape index (κ3) is 5.76. The van der Waals surface area contributed by atoms with Gasteiger partial charge in [-0.05, 0) is 55.3 Å². The predicted octanol–water partition coefficient (Wildman–Crippen LogP) is 6.15. The molecule has 1 saturated heterocycles. The highest BCUT2D eigenvalue weighted by atomic mass is 19.3. The second-order valence-corrected chi connectivity index (χ2v) is 9.65. The maximum atomic E-state index is 13.3. The molecule has 0 bridgehead atoms. The maximum absolute atomic E-state index is 13.3. The number of nitrogens with zero attached hydrogens (tertiary/aromatic N) is 1. The Hall–Kier alpha value is -4.44. The predicted molar refractivity (Wildman–Crippen MR) is 147 cm³/mol. The van der Waals surface area contributed by atoms with Crippen molar-refractivity contribution in [3.05, 3.63) is 99.2 Å². The van der Waals surface area contributed by atoms with E-state index in [0.29, 0.717) is 47.8 Å². The summed E-state index contributed by atoms with van der Waals surface area (Å²) < 4.78 is 41.7. The molecule has 8 nitrogen and oxygen atoms in total. The van der Waals surface area contributed by atoms with Crippen LogP contribution in [0.5, 0.6) is 5.75 Å². The summed E-state index contributed by atoms with van der Waals surface area (Å²) in [6.45, 7) is 2.10. The van der Waals surface area contributed by atoms with Crippen molar-refractivity contribution in [1.29, 1.82) is 0 Å². The molecule has 5 rings (SSSR count). The lowest BCUT2D eigenvalue weighted by molar-refractivity contribution is -0.0499. The summed E-state index contributed by atoms with van der Waals surface area (Å²) in [5.74, 6) is -0.605. The van der Waals surface area contributed by atoms with Crippen LogP contribution in [0.4, 0.5) is 20.4 Å². The highest BCUT2D eigenvalue weighted by Gasteiger charge is 2.26. The van der Waals surface area contributed by atoms with Crippen LogP contribution >= 0.6 is 0 Å². The first-order valence-electron chi connectivity index (χ1n) is 12.8. The van der Waals surface area contributed by atoms with Gasteiger partial charge in [0.2, 0.25) is 0 Å². The number of aryl methyl sites for hydroxylation is 1. The van der Waals surface area contributed by atoms with Gasteiger partial charge in [-0.15, -0.1) is 0 Å². The Morgan fingerprint density at radius 2 is 1.88 bits per heavy atom. The quantitative estimate of drug-likeness (QED) is 0.269. The van der Waals surface area contributed by atoms with Gasteiger partial charge in [0.1, 0.15) is 17.4 Å². The molecule has 1 aliphatic rings. The number of carboxylic acids is 1. The maximum Gasteiger partial charge on any atom is 0.387 e. The molecule has 1 fully saturated rings. The van der Waals surface area contributed by atoms with Crippen LogP contribution in [0, 0.1) is 6.92 Å². The monoisotopic (exact) mass is 550 g/mol. The summed E-state index contributed by atoms with van der Waals surface area (Å²) >= 11 is 0. The Labute approximate surface area is 228 Å². The van der Waals surface area contributed by atoms with Crippen molar-refractivity contribution in [3.63, 3.8) is 0 Å². The van der Waals surface area contributed by atoms with Gasteiger partial charge in [0.05, 0.1) is 30.1 Å². The van der Waals surface area contributed by atoms with Crippen molar-refractivity contribution < 1.29 is 32.6 Å². The molecule has 0 aliphatic carbocycles.